The van der Waals surface area contributed by atoms with E-state index >= 15 is 0 Å². The van der Waals surface area contributed by atoms with Crippen molar-refractivity contribution in [2.24, 2.45) is 0 Å². The number of carbonyl (C=O) groups excluding carboxylic acids is 4. The molecule has 0 bridgehead atoms. The van der Waals surface area contributed by atoms with Crippen molar-refractivity contribution >= 4 is 45.3 Å². The average Bonchev–Trinajstić information content (AvgIpc) is 3.52. The van der Waals surface area contributed by atoms with Gasteiger partial charge in [-0.15, -0.1) is 0 Å². The van der Waals surface area contributed by atoms with E-state index in [1.165, 1.54) is 11.8 Å². The second-order valence-electron chi connectivity index (χ2n) is 16.0. The topological polar surface area (TPSA) is 204 Å². The number of ether oxygens (including phenoxy) is 4. The fourth-order valence-corrected chi connectivity index (χ4v) is 8.03. The van der Waals surface area contributed by atoms with Crippen LogP contribution in [0.5, 0.6) is 11.5 Å². The van der Waals surface area contributed by atoms with E-state index in [2.05, 4.69) is 50.4 Å². The molecule has 3 N–H and O–H groups in total. The van der Waals surface area contributed by atoms with Gasteiger partial charge in [0.1, 0.15) is 24.1 Å². The van der Waals surface area contributed by atoms with Gasteiger partial charge in [-0.25, -0.2) is 18.4 Å². The Kier molecular flexibility index (Phi) is 17.6. The van der Waals surface area contributed by atoms with Crippen LogP contribution < -0.4 is 24.8 Å². The van der Waals surface area contributed by atoms with Crippen molar-refractivity contribution in [2.45, 2.75) is 89.7 Å². The number of para-hydroxylation sites is 1. The minimum Gasteiger partial charge on any atom is -0.494 e. The predicted molar refractivity (Wildman–Crippen MR) is 241 cm³/mol. The minimum absolute atomic E-state index is 0.00920. The standard InChI is InChI=1S/C47H58N6O10S/c1-33(37-13-6-7-16-41(37)63-32-35-23-25-49-47(50-35)52-64(2,58)59)31-34-17-19-36(20-18-34)62-30-9-5-3-4-8-26-60-28-12-29-61-27-11-24-48-39-15-10-14-38-43(39)46(57)53(45(38)56)40-21-22-42(54)51-44(40)55/h6-7,10,13-20,23,25,33,40,48H,3-5,8-9,11-12,21-22,24,26-32H2,1-2H3,(H,49,50,52)(H,51,54,55). The number of piperidine rings is 1. The van der Waals surface area contributed by atoms with Crippen molar-refractivity contribution in [3.05, 3.63) is 107 Å². The molecule has 0 radical (unpaired) electrons. The Morgan fingerprint density at radius 1 is 0.797 bits per heavy atom. The second-order valence-corrected chi connectivity index (χ2v) is 17.7. The summed E-state index contributed by atoms with van der Waals surface area (Å²) in [6, 6.07) is 21.9. The maximum Gasteiger partial charge on any atom is 0.264 e. The predicted octanol–water partition coefficient (Wildman–Crippen LogP) is 6.43. The number of hydrogen-bond acceptors (Lipinski definition) is 13. The molecule has 2 atom stereocenters. The first kappa shape index (κ1) is 47.6. The molecule has 2 aliphatic heterocycles. The first-order valence-electron chi connectivity index (χ1n) is 21.9. The first-order valence-corrected chi connectivity index (χ1v) is 23.8. The first-order chi connectivity index (χ1) is 31.0. The summed E-state index contributed by atoms with van der Waals surface area (Å²) in [4.78, 5) is 59.4. The lowest BCUT2D eigenvalue weighted by molar-refractivity contribution is -0.136. The molecule has 2 unspecified atom stereocenters. The zero-order valence-electron chi connectivity index (χ0n) is 36.5. The minimum atomic E-state index is -3.48. The Morgan fingerprint density at radius 2 is 1.52 bits per heavy atom. The Labute approximate surface area is 374 Å². The van der Waals surface area contributed by atoms with Crippen LogP contribution in [0.15, 0.2) is 79.0 Å². The van der Waals surface area contributed by atoms with Crippen LogP contribution in [0.3, 0.4) is 0 Å². The molecular weight excluding hydrogens is 841 g/mol. The zero-order chi connectivity index (χ0) is 45.3. The molecule has 4 amide bonds. The van der Waals surface area contributed by atoms with Crippen molar-refractivity contribution in [1.29, 1.82) is 0 Å². The van der Waals surface area contributed by atoms with Crippen LogP contribution in [0.25, 0.3) is 0 Å². The summed E-state index contributed by atoms with van der Waals surface area (Å²) in [7, 11) is -3.48. The van der Waals surface area contributed by atoms with Gasteiger partial charge in [-0.05, 0) is 92.0 Å². The lowest BCUT2D eigenvalue weighted by Gasteiger charge is -2.27. The Bertz CT molecular complexity index is 2330. The molecule has 0 spiro atoms. The van der Waals surface area contributed by atoms with E-state index in [0.29, 0.717) is 50.8 Å². The van der Waals surface area contributed by atoms with Crippen molar-refractivity contribution in [3.8, 4) is 11.5 Å². The highest BCUT2D eigenvalue weighted by atomic mass is 32.2. The molecular formula is C47H58N6O10S. The number of fused-ring (bicyclic) bond motifs is 1. The Morgan fingerprint density at radius 3 is 2.28 bits per heavy atom. The van der Waals surface area contributed by atoms with Gasteiger partial charge >= 0.3 is 0 Å². The molecule has 0 saturated carbocycles. The molecule has 1 aromatic heterocycles. The van der Waals surface area contributed by atoms with E-state index in [1.54, 1.807) is 24.3 Å². The molecule has 2 aliphatic rings. The lowest BCUT2D eigenvalue weighted by atomic mass is 9.93. The number of sulfonamides is 1. The SMILES string of the molecule is CC(Cc1ccc(OCCCCCCCOCCCOCCCNc2cccc3c2C(=O)N(C2CCC(=O)NC2=O)C3=O)cc1)c1ccccc1OCc1ccnc(NS(C)(=O)=O)n1. The maximum atomic E-state index is 13.2. The summed E-state index contributed by atoms with van der Waals surface area (Å²) in [6.07, 6.45) is 10.4. The number of unbranched alkanes of at least 4 members (excludes halogenated alkanes) is 4. The van der Waals surface area contributed by atoms with Gasteiger partial charge in [-0.2, -0.15) is 0 Å². The van der Waals surface area contributed by atoms with Crippen LogP contribution in [0.2, 0.25) is 0 Å². The monoisotopic (exact) mass is 898 g/mol. The van der Waals surface area contributed by atoms with Gasteiger partial charge in [-0.3, -0.25) is 34.1 Å². The fraction of sp³-hybridized carbons (Fsp3) is 0.447. The van der Waals surface area contributed by atoms with Crippen LogP contribution in [-0.4, -0.2) is 98.8 Å². The van der Waals surface area contributed by atoms with Gasteiger partial charge in [0.25, 0.3) is 11.8 Å². The van der Waals surface area contributed by atoms with E-state index < -0.39 is 39.7 Å². The Balaban J connectivity index is 0.758. The van der Waals surface area contributed by atoms with Crippen LogP contribution >= 0.6 is 0 Å². The number of rotatable bonds is 27. The van der Waals surface area contributed by atoms with E-state index in [1.807, 2.05) is 30.3 Å². The van der Waals surface area contributed by atoms with E-state index in [0.717, 1.165) is 79.8 Å². The van der Waals surface area contributed by atoms with Crippen LogP contribution in [-0.2, 0) is 42.1 Å². The number of hydrogen-bond donors (Lipinski definition) is 3. The van der Waals surface area contributed by atoms with Crippen LogP contribution in [0.1, 0.15) is 108 Å². The summed E-state index contributed by atoms with van der Waals surface area (Å²) in [6.45, 7) is 6.03. The van der Waals surface area contributed by atoms with Gasteiger partial charge in [-0.1, -0.05) is 62.6 Å². The van der Waals surface area contributed by atoms with Gasteiger partial charge in [0, 0.05) is 51.3 Å². The van der Waals surface area contributed by atoms with Crippen LogP contribution in [0, 0.1) is 0 Å². The zero-order valence-corrected chi connectivity index (χ0v) is 37.3. The largest absolute Gasteiger partial charge is 0.494 e. The van der Waals surface area contributed by atoms with Crippen molar-refractivity contribution < 1.29 is 46.5 Å². The Hall–Kier alpha value is -5.91. The lowest BCUT2D eigenvalue weighted by Crippen LogP contribution is -2.54. The highest BCUT2D eigenvalue weighted by molar-refractivity contribution is 7.92. The number of nitrogens with one attached hydrogen (secondary N) is 3. The quantitative estimate of drug-likeness (QED) is 0.0437. The number of amides is 4. The van der Waals surface area contributed by atoms with Gasteiger partial charge in [0.15, 0.2) is 0 Å². The van der Waals surface area contributed by atoms with Gasteiger partial charge < -0.3 is 24.3 Å². The number of anilines is 2. The van der Waals surface area contributed by atoms with E-state index in [-0.39, 0.29) is 42.4 Å². The molecule has 0 aliphatic carbocycles. The van der Waals surface area contributed by atoms with Crippen molar-refractivity contribution in [1.82, 2.24) is 20.2 Å². The average molecular weight is 899 g/mol. The number of imide groups is 2. The highest BCUT2D eigenvalue weighted by Crippen LogP contribution is 2.33. The molecule has 17 heteroatoms. The smallest absolute Gasteiger partial charge is 0.264 e. The molecule has 4 aromatic rings. The summed E-state index contributed by atoms with van der Waals surface area (Å²) in [5.41, 5.74) is 3.86. The molecule has 1 fully saturated rings. The third-order valence-electron chi connectivity index (χ3n) is 10.8. The molecule has 3 heterocycles. The van der Waals surface area contributed by atoms with E-state index in [4.69, 9.17) is 18.9 Å². The number of benzene rings is 3. The fourth-order valence-electron chi connectivity index (χ4n) is 7.60. The number of nitrogens with zero attached hydrogens (tertiary/aromatic N) is 3. The third-order valence-corrected chi connectivity index (χ3v) is 11.4. The summed E-state index contributed by atoms with van der Waals surface area (Å²) in [5.74, 6) is -0.290. The second kappa shape index (κ2) is 23.7. The summed E-state index contributed by atoms with van der Waals surface area (Å²) >= 11 is 0. The van der Waals surface area contributed by atoms with E-state index in [9.17, 15) is 27.6 Å². The molecule has 3 aromatic carbocycles. The molecule has 64 heavy (non-hydrogen) atoms. The molecule has 16 nitrogen and oxygen atoms in total. The normalized spacial score (nSPS) is 15.5. The molecule has 342 valence electrons. The van der Waals surface area contributed by atoms with Gasteiger partial charge in [0.2, 0.25) is 27.8 Å². The van der Waals surface area contributed by atoms with Crippen LogP contribution in [0.4, 0.5) is 11.6 Å². The summed E-state index contributed by atoms with van der Waals surface area (Å²) < 4.78 is 49.1. The highest BCUT2D eigenvalue weighted by Gasteiger charge is 2.45. The van der Waals surface area contributed by atoms with Crippen molar-refractivity contribution in [3.63, 3.8) is 0 Å². The molecule has 1 saturated heterocycles. The maximum absolute atomic E-state index is 13.2. The number of carbonyl (C=O) groups is 4. The third kappa shape index (κ3) is 14.0. The summed E-state index contributed by atoms with van der Waals surface area (Å²) in [5, 5.41) is 5.45. The van der Waals surface area contributed by atoms with Gasteiger partial charge in [0.05, 0.1) is 29.7 Å². The van der Waals surface area contributed by atoms with Crippen molar-refractivity contribution in [2.75, 3.05) is 55.9 Å². The molecule has 6 rings (SSSR count). The number of aromatic nitrogens is 2.